The molecule has 1 unspecified atom stereocenters. The van der Waals surface area contributed by atoms with E-state index in [1.54, 1.807) is 18.7 Å². The van der Waals surface area contributed by atoms with Crippen LogP contribution in [0.1, 0.15) is 53.9 Å². The maximum absolute atomic E-state index is 14.3. The summed E-state index contributed by atoms with van der Waals surface area (Å²) in [6, 6.07) is 7.48. The topological polar surface area (TPSA) is 95.7 Å². The van der Waals surface area contributed by atoms with Gasteiger partial charge in [-0.05, 0) is 18.4 Å². The van der Waals surface area contributed by atoms with E-state index in [0.717, 1.165) is 46.5 Å². The van der Waals surface area contributed by atoms with Gasteiger partial charge in [-0.25, -0.2) is 19.9 Å². The predicted octanol–water partition coefficient (Wildman–Crippen LogP) is 4.93. The lowest BCUT2D eigenvalue weighted by Gasteiger charge is -2.26. The van der Waals surface area contributed by atoms with Crippen LogP contribution >= 0.6 is 0 Å². The van der Waals surface area contributed by atoms with Gasteiger partial charge < -0.3 is 24.1 Å². The van der Waals surface area contributed by atoms with E-state index in [2.05, 4.69) is 26.8 Å². The number of methoxy groups -OCH3 is 1. The van der Waals surface area contributed by atoms with E-state index in [1.807, 2.05) is 24.3 Å². The Morgan fingerprint density at radius 2 is 2.00 bits per heavy atom. The quantitative estimate of drug-likeness (QED) is 0.379. The lowest BCUT2D eigenvalue weighted by atomic mass is 10.1. The van der Waals surface area contributed by atoms with Crippen molar-refractivity contribution in [3.8, 4) is 17.3 Å². The van der Waals surface area contributed by atoms with E-state index in [0.29, 0.717) is 36.7 Å². The molecule has 0 bridgehead atoms. The van der Waals surface area contributed by atoms with E-state index in [-0.39, 0.29) is 12.3 Å². The first-order chi connectivity index (χ1) is 19.4. The summed E-state index contributed by atoms with van der Waals surface area (Å²) >= 11 is 0. The molecule has 0 spiro atoms. The summed E-state index contributed by atoms with van der Waals surface area (Å²) in [5.74, 6) is -1.22. The highest BCUT2D eigenvalue weighted by Gasteiger charge is 2.37. The van der Waals surface area contributed by atoms with Gasteiger partial charge in [-0.2, -0.15) is 8.78 Å². The Labute approximate surface area is 230 Å². The Bertz CT molecular complexity index is 1490. The molecular weight excluding hydrogens is 518 g/mol. The van der Waals surface area contributed by atoms with Crippen molar-refractivity contribution in [1.29, 1.82) is 0 Å². The number of halogens is 2. The Kier molecular flexibility index (Phi) is 6.83. The van der Waals surface area contributed by atoms with Gasteiger partial charge in [-0.15, -0.1) is 6.58 Å². The maximum atomic E-state index is 14.3. The number of alkyl halides is 2. The Hall–Kier alpha value is -4.12. The van der Waals surface area contributed by atoms with Crippen LogP contribution in [0, 0.1) is 0 Å². The van der Waals surface area contributed by atoms with Crippen LogP contribution in [0.25, 0.3) is 11.4 Å². The van der Waals surface area contributed by atoms with Crippen LogP contribution in [0.2, 0.25) is 0 Å². The van der Waals surface area contributed by atoms with E-state index >= 15 is 0 Å². The van der Waals surface area contributed by atoms with Crippen LogP contribution in [0.5, 0.6) is 5.88 Å². The van der Waals surface area contributed by atoms with Gasteiger partial charge >= 0.3 is 0 Å². The second-order valence-corrected chi connectivity index (χ2v) is 10.1. The number of nitrogens with one attached hydrogen (secondary N) is 1. The molecule has 1 aliphatic carbocycles. The minimum absolute atomic E-state index is 0.268. The molecule has 4 heterocycles. The van der Waals surface area contributed by atoms with Crippen molar-refractivity contribution >= 4 is 5.90 Å². The van der Waals surface area contributed by atoms with Gasteiger partial charge in [0.1, 0.15) is 24.5 Å². The van der Waals surface area contributed by atoms with E-state index in [9.17, 15) is 8.78 Å². The van der Waals surface area contributed by atoms with Gasteiger partial charge in [-0.3, -0.25) is 0 Å². The number of nitrogens with zero attached hydrogens (tertiary/aromatic N) is 5. The largest absolute Gasteiger partial charge is 0.481 e. The monoisotopic (exact) mass is 548 g/mol. The molecule has 11 heteroatoms. The van der Waals surface area contributed by atoms with Crippen molar-refractivity contribution in [2.24, 2.45) is 12.0 Å². The van der Waals surface area contributed by atoms with Crippen LogP contribution in [-0.4, -0.2) is 45.7 Å². The second kappa shape index (κ2) is 10.5. The van der Waals surface area contributed by atoms with Crippen LogP contribution in [0.15, 0.2) is 65.7 Å². The number of hydrogen-bond acceptors (Lipinski definition) is 8. The summed E-state index contributed by atoms with van der Waals surface area (Å²) < 4.78 is 47.8. The molecule has 3 aromatic rings. The normalized spacial score (nSPS) is 18.7. The number of benzene rings is 1. The summed E-state index contributed by atoms with van der Waals surface area (Å²) in [6.45, 7) is 4.53. The van der Waals surface area contributed by atoms with Crippen LogP contribution in [0.3, 0.4) is 0 Å². The van der Waals surface area contributed by atoms with Gasteiger partial charge in [0.15, 0.2) is 6.17 Å². The third-order valence-corrected chi connectivity index (χ3v) is 7.22. The van der Waals surface area contributed by atoms with Crippen molar-refractivity contribution in [2.45, 2.75) is 43.9 Å². The molecule has 0 saturated heterocycles. The number of hydrogen-bond donors (Lipinski definition) is 1. The molecule has 1 aromatic carbocycles. The Morgan fingerprint density at radius 3 is 2.73 bits per heavy atom. The predicted molar refractivity (Wildman–Crippen MR) is 144 cm³/mol. The van der Waals surface area contributed by atoms with Crippen LogP contribution < -0.4 is 10.1 Å². The zero-order chi connectivity index (χ0) is 27.9. The number of rotatable bonds is 9. The first kappa shape index (κ1) is 26.1. The highest BCUT2D eigenvalue weighted by Crippen LogP contribution is 2.45. The second-order valence-electron chi connectivity index (χ2n) is 10.1. The van der Waals surface area contributed by atoms with Crippen molar-refractivity contribution in [1.82, 2.24) is 24.8 Å². The molecule has 3 aliphatic rings. The highest BCUT2D eigenvalue weighted by molar-refractivity contribution is 5.96. The van der Waals surface area contributed by atoms with Gasteiger partial charge in [0, 0.05) is 36.8 Å². The minimum atomic E-state index is -3.06. The maximum Gasteiger partial charge on any atom is 0.294 e. The number of ether oxygens (including phenoxy) is 3. The smallest absolute Gasteiger partial charge is 0.294 e. The van der Waals surface area contributed by atoms with Crippen LogP contribution in [-0.2, 0) is 29.1 Å². The van der Waals surface area contributed by atoms with Crippen molar-refractivity contribution in [3.05, 3.63) is 83.2 Å². The Morgan fingerprint density at radius 1 is 1.20 bits per heavy atom. The molecule has 6 rings (SSSR count). The average Bonchev–Trinajstić information content (AvgIpc) is 3.56. The molecule has 0 amide bonds. The van der Waals surface area contributed by atoms with Gasteiger partial charge in [-0.1, -0.05) is 30.3 Å². The lowest BCUT2D eigenvalue weighted by Crippen LogP contribution is -2.30. The molecule has 1 N–H and O–H groups in total. The van der Waals surface area contributed by atoms with Crippen molar-refractivity contribution < 1.29 is 23.0 Å². The number of aliphatic imine (C=N–C) groups is 1. The number of imidazole rings is 1. The Balaban J connectivity index is 1.21. The first-order valence-electron chi connectivity index (χ1n) is 13.2. The van der Waals surface area contributed by atoms with E-state index < -0.39 is 18.5 Å². The first-order valence-corrected chi connectivity index (χ1v) is 13.2. The molecule has 1 saturated carbocycles. The zero-order valence-corrected chi connectivity index (χ0v) is 22.4. The number of allylic oxidation sites excluding steroid dienone is 1. The molecule has 2 aliphatic heterocycles. The highest BCUT2D eigenvalue weighted by atomic mass is 19.3. The fourth-order valence-corrected chi connectivity index (χ4v) is 4.99. The molecular formula is C29H30F2N6O3. The molecule has 9 nitrogen and oxygen atoms in total. The third kappa shape index (κ3) is 4.97. The summed E-state index contributed by atoms with van der Waals surface area (Å²) in [4.78, 5) is 18.0. The number of aromatic nitrogens is 4. The molecule has 40 heavy (non-hydrogen) atoms. The summed E-state index contributed by atoms with van der Waals surface area (Å²) in [6.07, 6.45) is 5.33. The van der Waals surface area contributed by atoms with E-state index in [1.165, 1.54) is 18.6 Å². The minimum Gasteiger partial charge on any atom is -0.481 e. The molecule has 1 fully saturated rings. The van der Waals surface area contributed by atoms with Gasteiger partial charge in [0.2, 0.25) is 11.8 Å². The SMILES string of the molecule is C=CCC(F)(F)c1cn(C)c(-c2ccc(COC3=NC(c4c(OC)ncnc4C4CC4)NC4=C3COC4)cc2)n1. The van der Waals surface area contributed by atoms with Gasteiger partial charge in [0.05, 0.1) is 37.2 Å². The summed E-state index contributed by atoms with van der Waals surface area (Å²) in [7, 11) is 3.30. The lowest BCUT2D eigenvalue weighted by molar-refractivity contribution is -0.00504. The fourth-order valence-electron chi connectivity index (χ4n) is 4.99. The standard InChI is InChI=1S/C29H30F2N6O3/c1-4-11-29(30,31)22-12-37(2)26(35-22)19-7-5-17(6-8-19)13-40-27-20-14-39-15-21(20)34-25(36-27)23-24(18-9-10-18)32-16-33-28(23)38-3/h4-8,12,16,18,25,34H,1,9-11,13-15H2,2-3H3. The fraction of sp³-hybridized carbons (Fsp3) is 0.379. The summed E-state index contributed by atoms with van der Waals surface area (Å²) in [5, 5.41) is 3.47. The molecule has 208 valence electrons. The average molecular weight is 549 g/mol. The van der Waals surface area contributed by atoms with Crippen molar-refractivity contribution in [3.63, 3.8) is 0 Å². The molecule has 1 atom stereocenters. The number of aryl methyl sites for hydroxylation is 1. The third-order valence-electron chi connectivity index (χ3n) is 7.22. The molecule has 2 aromatic heterocycles. The van der Waals surface area contributed by atoms with Crippen molar-refractivity contribution in [2.75, 3.05) is 20.3 Å². The molecule has 0 radical (unpaired) electrons. The zero-order valence-electron chi connectivity index (χ0n) is 22.4. The summed E-state index contributed by atoms with van der Waals surface area (Å²) in [5.41, 5.74) is 4.94. The van der Waals surface area contributed by atoms with E-state index in [4.69, 9.17) is 19.2 Å². The van der Waals surface area contributed by atoms with Crippen LogP contribution in [0.4, 0.5) is 8.78 Å². The van der Waals surface area contributed by atoms with Gasteiger partial charge in [0.25, 0.3) is 5.92 Å².